The third-order valence-corrected chi connectivity index (χ3v) is 5.82. The second-order valence-corrected chi connectivity index (χ2v) is 7.89. The molecule has 1 amide bonds. The molecule has 1 fully saturated rings. The number of ether oxygens (including phenoxy) is 1. The van der Waals surface area contributed by atoms with E-state index in [1.807, 2.05) is 41.8 Å². The van der Waals surface area contributed by atoms with E-state index in [0.717, 1.165) is 41.2 Å². The van der Waals surface area contributed by atoms with Gasteiger partial charge in [-0.05, 0) is 37.1 Å². The number of nitrogens with one attached hydrogen (secondary N) is 1. The van der Waals surface area contributed by atoms with E-state index in [1.54, 1.807) is 12.1 Å². The zero-order valence-electron chi connectivity index (χ0n) is 18.0. The molecular weight excluding hydrogens is 393 g/mol. The Morgan fingerprint density at radius 2 is 1.68 bits per heavy atom. The monoisotopic (exact) mass is 421 g/mol. The summed E-state index contributed by atoms with van der Waals surface area (Å²) in [6.45, 7) is 7.99. The molecule has 4 rings (SSSR count). The van der Waals surface area contributed by atoms with E-state index in [1.165, 1.54) is 12.1 Å². The van der Waals surface area contributed by atoms with Gasteiger partial charge in [-0.15, -0.1) is 0 Å². The van der Waals surface area contributed by atoms with Crippen LogP contribution in [0.4, 0.5) is 10.1 Å². The van der Waals surface area contributed by atoms with Gasteiger partial charge in [0.15, 0.2) is 0 Å². The number of anilines is 1. The van der Waals surface area contributed by atoms with Crippen LogP contribution in [0.3, 0.4) is 0 Å². The van der Waals surface area contributed by atoms with Crippen LogP contribution in [0.1, 0.15) is 32.9 Å². The topological polar surface area (TPSA) is 46.5 Å². The first kappa shape index (κ1) is 21.1. The van der Waals surface area contributed by atoms with Gasteiger partial charge in [0.1, 0.15) is 11.5 Å². The number of rotatable bonds is 6. The van der Waals surface area contributed by atoms with Crippen molar-refractivity contribution in [2.75, 3.05) is 31.2 Å². The van der Waals surface area contributed by atoms with Crippen LogP contribution >= 0.6 is 0 Å². The molecule has 0 saturated carbocycles. The largest absolute Gasteiger partial charge is 0.378 e. The zero-order chi connectivity index (χ0) is 21.8. The number of carbonyl (C=O) groups excluding carboxylic acids is 1. The van der Waals surface area contributed by atoms with Crippen molar-refractivity contribution in [2.45, 2.75) is 26.9 Å². The second-order valence-electron chi connectivity index (χ2n) is 7.89. The molecule has 0 spiro atoms. The van der Waals surface area contributed by atoms with Crippen LogP contribution in [0.15, 0.2) is 54.6 Å². The Labute approximate surface area is 182 Å². The summed E-state index contributed by atoms with van der Waals surface area (Å²) < 4.78 is 21.0. The molecule has 0 aliphatic carbocycles. The number of morpholine rings is 1. The summed E-state index contributed by atoms with van der Waals surface area (Å²) in [5.74, 6) is -0.370. The van der Waals surface area contributed by atoms with Crippen LogP contribution in [-0.4, -0.2) is 36.8 Å². The van der Waals surface area contributed by atoms with Crippen molar-refractivity contribution in [2.24, 2.45) is 0 Å². The zero-order valence-corrected chi connectivity index (χ0v) is 18.0. The van der Waals surface area contributed by atoms with Gasteiger partial charge in [0, 0.05) is 37.4 Å². The summed E-state index contributed by atoms with van der Waals surface area (Å²) in [6.07, 6.45) is 0. The Morgan fingerprint density at radius 1 is 1.00 bits per heavy atom. The summed E-state index contributed by atoms with van der Waals surface area (Å²) in [7, 11) is 0. The maximum absolute atomic E-state index is 13.4. The molecule has 0 radical (unpaired) electrons. The molecule has 1 aliphatic rings. The van der Waals surface area contributed by atoms with Crippen LogP contribution in [0.5, 0.6) is 0 Å². The van der Waals surface area contributed by atoms with Crippen molar-refractivity contribution >= 4 is 11.6 Å². The lowest BCUT2D eigenvalue weighted by molar-refractivity contribution is 0.0941. The molecule has 1 aliphatic heterocycles. The standard InChI is InChI=1S/C25H28FN3O2/c1-18-23(28-12-14-31-15-13-28)19(2)29(17-21-8-10-22(26)11-9-21)24(18)25(30)27-16-20-6-4-3-5-7-20/h3-11H,12-17H2,1-2H3,(H,27,30). The van der Waals surface area contributed by atoms with Crippen LogP contribution in [-0.2, 0) is 17.8 Å². The highest BCUT2D eigenvalue weighted by Crippen LogP contribution is 2.32. The summed E-state index contributed by atoms with van der Waals surface area (Å²) >= 11 is 0. The van der Waals surface area contributed by atoms with Gasteiger partial charge in [0.05, 0.1) is 18.9 Å². The predicted molar refractivity (Wildman–Crippen MR) is 120 cm³/mol. The minimum atomic E-state index is -0.265. The first-order chi connectivity index (χ1) is 15.0. The van der Waals surface area contributed by atoms with E-state index in [9.17, 15) is 9.18 Å². The van der Waals surface area contributed by atoms with Crippen LogP contribution < -0.4 is 10.2 Å². The van der Waals surface area contributed by atoms with Gasteiger partial charge >= 0.3 is 0 Å². The van der Waals surface area contributed by atoms with Crippen LogP contribution in [0.25, 0.3) is 0 Å². The molecule has 31 heavy (non-hydrogen) atoms. The number of benzene rings is 2. The first-order valence-electron chi connectivity index (χ1n) is 10.6. The van der Waals surface area contributed by atoms with Crippen molar-refractivity contribution < 1.29 is 13.9 Å². The highest BCUT2D eigenvalue weighted by Gasteiger charge is 2.26. The number of aromatic nitrogens is 1. The van der Waals surface area contributed by atoms with Gasteiger partial charge < -0.3 is 19.5 Å². The average molecular weight is 422 g/mol. The summed E-state index contributed by atoms with van der Waals surface area (Å²) in [4.78, 5) is 15.6. The lowest BCUT2D eigenvalue weighted by Gasteiger charge is -2.29. The Hall–Kier alpha value is -3.12. The summed E-state index contributed by atoms with van der Waals surface area (Å²) in [6, 6.07) is 16.3. The van der Waals surface area contributed by atoms with E-state index in [2.05, 4.69) is 17.1 Å². The number of nitrogens with zero attached hydrogens (tertiary/aromatic N) is 2. The van der Waals surface area contributed by atoms with E-state index in [4.69, 9.17) is 4.74 Å². The maximum Gasteiger partial charge on any atom is 0.268 e. The molecule has 6 heteroatoms. The average Bonchev–Trinajstić information content (AvgIpc) is 3.04. The molecule has 3 aromatic rings. The minimum absolute atomic E-state index is 0.105. The van der Waals surface area contributed by atoms with E-state index in [-0.39, 0.29) is 11.7 Å². The molecule has 5 nitrogen and oxygen atoms in total. The van der Waals surface area contributed by atoms with Crippen molar-refractivity contribution in [3.8, 4) is 0 Å². The van der Waals surface area contributed by atoms with Crippen molar-refractivity contribution in [1.82, 2.24) is 9.88 Å². The van der Waals surface area contributed by atoms with E-state index >= 15 is 0 Å². The number of halogens is 1. The Morgan fingerprint density at radius 3 is 2.35 bits per heavy atom. The van der Waals surface area contributed by atoms with Crippen molar-refractivity contribution in [3.05, 3.63) is 88.5 Å². The lowest BCUT2D eigenvalue weighted by Crippen LogP contribution is -2.36. The predicted octanol–water partition coefficient (Wildman–Crippen LogP) is 4.06. The highest BCUT2D eigenvalue weighted by atomic mass is 19.1. The van der Waals surface area contributed by atoms with Crippen LogP contribution in [0.2, 0.25) is 0 Å². The lowest BCUT2D eigenvalue weighted by atomic mass is 10.1. The first-order valence-corrected chi connectivity index (χ1v) is 10.6. The molecular formula is C25H28FN3O2. The maximum atomic E-state index is 13.4. The molecule has 162 valence electrons. The number of amides is 1. The van der Waals surface area contributed by atoms with Gasteiger partial charge in [-0.3, -0.25) is 4.79 Å². The normalized spacial score (nSPS) is 14.0. The van der Waals surface area contributed by atoms with Gasteiger partial charge in [-0.1, -0.05) is 42.5 Å². The van der Waals surface area contributed by atoms with E-state index < -0.39 is 0 Å². The molecule has 0 bridgehead atoms. The summed E-state index contributed by atoms with van der Waals surface area (Å²) in [5.41, 5.74) is 5.75. The molecule has 1 N–H and O–H groups in total. The molecule has 2 aromatic carbocycles. The third kappa shape index (κ3) is 4.64. The number of hydrogen-bond donors (Lipinski definition) is 1. The Balaban J connectivity index is 1.68. The van der Waals surface area contributed by atoms with Crippen LogP contribution in [0, 0.1) is 19.7 Å². The van der Waals surface area contributed by atoms with E-state index in [0.29, 0.717) is 32.0 Å². The fourth-order valence-corrected chi connectivity index (χ4v) is 4.26. The second kappa shape index (κ2) is 9.35. The van der Waals surface area contributed by atoms with Crippen molar-refractivity contribution in [1.29, 1.82) is 0 Å². The summed E-state index contributed by atoms with van der Waals surface area (Å²) in [5, 5.41) is 3.07. The molecule has 2 heterocycles. The third-order valence-electron chi connectivity index (χ3n) is 5.82. The molecule has 0 unspecified atom stereocenters. The molecule has 1 saturated heterocycles. The molecule has 0 atom stereocenters. The molecule has 1 aromatic heterocycles. The van der Waals surface area contributed by atoms with Gasteiger partial charge in [0.2, 0.25) is 0 Å². The Kier molecular flexibility index (Phi) is 6.37. The van der Waals surface area contributed by atoms with Gasteiger partial charge in [-0.25, -0.2) is 4.39 Å². The minimum Gasteiger partial charge on any atom is -0.378 e. The van der Waals surface area contributed by atoms with Gasteiger partial charge in [-0.2, -0.15) is 0 Å². The smallest absolute Gasteiger partial charge is 0.268 e. The fourth-order valence-electron chi connectivity index (χ4n) is 4.26. The highest BCUT2D eigenvalue weighted by molar-refractivity contribution is 5.96. The SMILES string of the molecule is Cc1c(N2CCOCC2)c(C)n(Cc2ccc(F)cc2)c1C(=O)NCc1ccccc1. The quantitative estimate of drug-likeness (QED) is 0.653. The number of carbonyl (C=O) groups is 1. The number of hydrogen-bond acceptors (Lipinski definition) is 3. The van der Waals surface area contributed by atoms with Crippen molar-refractivity contribution in [3.63, 3.8) is 0 Å². The van der Waals surface area contributed by atoms with Gasteiger partial charge in [0.25, 0.3) is 5.91 Å². The fraction of sp³-hybridized carbons (Fsp3) is 0.320. The Bertz CT molecular complexity index is 1040.